The summed E-state index contributed by atoms with van der Waals surface area (Å²) >= 11 is 0. The maximum Gasteiger partial charge on any atom is 0.277 e. The highest BCUT2D eigenvalue weighted by Gasteiger charge is 2.30. The van der Waals surface area contributed by atoms with Crippen molar-refractivity contribution < 1.29 is 18.7 Å². The highest BCUT2D eigenvalue weighted by Crippen LogP contribution is 2.30. The van der Waals surface area contributed by atoms with Crippen LogP contribution < -0.4 is 20.7 Å². The van der Waals surface area contributed by atoms with Crippen molar-refractivity contribution in [1.29, 1.82) is 0 Å². The third-order valence-corrected chi connectivity index (χ3v) is 2.17. The van der Waals surface area contributed by atoms with Crippen molar-refractivity contribution in [2.24, 2.45) is 5.84 Å². The van der Waals surface area contributed by atoms with Crippen molar-refractivity contribution in [2.45, 2.75) is 19.4 Å². The quantitative estimate of drug-likeness (QED) is 0.469. The third-order valence-electron chi connectivity index (χ3n) is 2.17. The summed E-state index contributed by atoms with van der Waals surface area (Å²) in [6.45, 7) is 3.08. The second kappa shape index (κ2) is 5.01. The summed E-state index contributed by atoms with van der Waals surface area (Å²) in [4.78, 5) is 11.4. The molecule has 0 unspecified atom stereocenters. The molecule has 1 rings (SSSR count). The number of halogens is 1. The van der Waals surface area contributed by atoms with E-state index in [1.54, 1.807) is 0 Å². The van der Waals surface area contributed by atoms with Crippen molar-refractivity contribution in [3.63, 3.8) is 0 Å². The molecule has 0 aliphatic rings. The lowest BCUT2D eigenvalue weighted by atomic mass is 10.1. The van der Waals surface area contributed by atoms with E-state index >= 15 is 0 Å². The number of hydrogen-bond donors (Lipinski definition) is 2. The van der Waals surface area contributed by atoms with Crippen LogP contribution in [-0.4, -0.2) is 18.6 Å². The van der Waals surface area contributed by atoms with Gasteiger partial charge in [-0.3, -0.25) is 10.2 Å². The molecular weight excluding hydrogens is 227 g/mol. The fraction of sp³-hybridized carbons (Fsp3) is 0.364. The number of hydrazine groups is 1. The number of ether oxygens (including phenoxy) is 2. The van der Waals surface area contributed by atoms with Gasteiger partial charge in [0.1, 0.15) is 5.82 Å². The van der Waals surface area contributed by atoms with Crippen LogP contribution in [0.3, 0.4) is 0 Å². The first-order chi connectivity index (χ1) is 7.90. The monoisotopic (exact) mass is 242 g/mol. The fourth-order valence-corrected chi connectivity index (χ4v) is 1.22. The van der Waals surface area contributed by atoms with Crippen molar-refractivity contribution in [3.05, 3.63) is 24.0 Å². The molecular formula is C11H15FN2O3. The molecule has 5 nitrogen and oxygen atoms in total. The zero-order valence-electron chi connectivity index (χ0n) is 9.91. The van der Waals surface area contributed by atoms with Gasteiger partial charge >= 0.3 is 0 Å². The van der Waals surface area contributed by atoms with E-state index < -0.39 is 17.3 Å². The van der Waals surface area contributed by atoms with Crippen molar-refractivity contribution in [2.75, 3.05) is 7.11 Å². The lowest BCUT2D eigenvalue weighted by Crippen LogP contribution is -2.49. The van der Waals surface area contributed by atoms with Gasteiger partial charge in [0.05, 0.1) is 7.11 Å². The maximum atomic E-state index is 13.0. The van der Waals surface area contributed by atoms with Gasteiger partial charge in [0.2, 0.25) is 0 Å². The fourth-order valence-electron chi connectivity index (χ4n) is 1.22. The minimum atomic E-state index is -1.18. The first kappa shape index (κ1) is 13.2. The molecule has 0 spiro atoms. The first-order valence-electron chi connectivity index (χ1n) is 4.94. The molecule has 1 aromatic carbocycles. The molecule has 94 valence electrons. The number of methoxy groups -OCH3 is 1. The molecule has 17 heavy (non-hydrogen) atoms. The topological polar surface area (TPSA) is 73.6 Å². The van der Waals surface area contributed by atoms with E-state index in [0.717, 1.165) is 0 Å². The second-order valence-electron chi connectivity index (χ2n) is 3.88. The van der Waals surface area contributed by atoms with E-state index in [0.29, 0.717) is 0 Å². The largest absolute Gasteiger partial charge is 0.493 e. The van der Waals surface area contributed by atoms with Gasteiger partial charge in [-0.2, -0.15) is 0 Å². The number of hydrogen-bond acceptors (Lipinski definition) is 4. The van der Waals surface area contributed by atoms with Crippen LogP contribution in [0.5, 0.6) is 11.5 Å². The lowest BCUT2D eigenvalue weighted by Gasteiger charge is -2.25. The molecule has 0 fully saturated rings. The van der Waals surface area contributed by atoms with Crippen LogP contribution in [0.4, 0.5) is 4.39 Å². The highest BCUT2D eigenvalue weighted by atomic mass is 19.1. The van der Waals surface area contributed by atoms with Gasteiger partial charge < -0.3 is 9.47 Å². The number of amides is 1. The minimum absolute atomic E-state index is 0.211. The Morgan fingerprint density at radius 1 is 1.41 bits per heavy atom. The lowest BCUT2D eigenvalue weighted by molar-refractivity contribution is -0.134. The zero-order valence-corrected chi connectivity index (χ0v) is 9.91. The van der Waals surface area contributed by atoms with Crippen LogP contribution >= 0.6 is 0 Å². The summed E-state index contributed by atoms with van der Waals surface area (Å²) in [5.41, 5.74) is 0.815. The Morgan fingerprint density at radius 2 is 2.06 bits per heavy atom. The number of benzene rings is 1. The molecule has 0 bridgehead atoms. The molecule has 0 heterocycles. The molecule has 3 N–H and O–H groups in total. The SMILES string of the molecule is COc1cc(F)ccc1OC(C)(C)C(=O)NN. The van der Waals surface area contributed by atoms with E-state index in [1.807, 2.05) is 5.43 Å². The van der Waals surface area contributed by atoms with Gasteiger partial charge in [0.25, 0.3) is 5.91 Å². The van der Waals surface area contributed by atoms with Crippen LogP contribution in [0.15, 0.2) is 18.2 Å². The molecule has 0 atom stereocenters. The maximum absolute atomic E-state index is 13.0. The average molecular weight is 242 g/mol. The number of nitrogens with one attached hydrogen (secondary N) is 1. The Bertz CT molecular complexity index is 421. The smallest absolute Gasteiger partial charge is 0.277 e. The summed E-state index contributed by atoms with van der Waals surface area (Å²) < 4.78 is 23.4. The molecule has 0 saturated heterocycles. The molecule has 0 aliphatic carbocycles. The standard InChI is InChI=1S/C11H15FN2O3/c1-11(2,10(15)14-13)17-8-5-4-7(12)6-9(8)16-3/h4-6H,13H2,1-3H3,(H,14,15). The Labute approximate surface area is 98.7 Å². The number of rotatable bonds is 4. The van der Waals surface area contributed by atoms with Crippen LogP contribution in [0.2, 0.25) is 0 Å². The van der Waals surface area contributed by atoms with E-state index in [4.69, 9.17) is 15.3 Å². The Morgan fingerprint density at radius 3 is 2.59 bits per heavy atom. The number of nitrogens with two attached hydrogens (primary N) is 1. The zero-order chi connectivity index (χ0) is 13.1. The Balaban J connectivity index is 2.98. The van der Waals surface area contributed by atoms with Crippen molar-refractivity contribution in [1.82, 2.24) is 5.43 Å². The average Bonchev–Trinajstić information content (AvgIpc) is 2.30. The molecule has 0 saturated carbocycles. The van der Waals surface area contributed by atoms with Gasteiger partial charge in [-0.05, 0) is 26.0 Å². The molecule has 0 aromatic heterocycles. The van der Waals surface area contributed by atoms with Gasteiger partial charge in [0, 0.05) is 6.07 Å². The molecule has 0 radical (unpaired) electrons. The summed E-state index contributed by atoms with van der Waals surface area (Å²) in [5.74, 6) is 4.57. The van der Waals surface area contributed by atoms with Crippen LogP contribution in [0.25, 0.3) is 0 Å². The summed E-state index contributed by atoms with van der Waals surface area (Å²) in [7, 11) is 1.39. The predicted octanol–water partition coefficient (Wildman–Crippen LogP) is 0.982. The summed E-state index contributed by atoms with van der Waals surface area (Å²) in [5, 5.41) is 0. The van der Waals surface area contributed by atoms with Gasteiger partial charge in [-0.1, -0.05) is 0 Å². The Hall–Kier alpha value is -1.82. The Kier molecular flexibility index (Phi) is 3.90. The van der Waals surface area contributed by atoms with Gasteiger partial charge in [-0.15, -0.1) is 0 Å². The number of carbonyl (C=O) groups is 1. The summed E-state index contributed by atoms with van der Waals surface area (Å²) in [6, 6.07) is 3.78. The third kappa shape index (κ3) is 3.07. The van der Waals surface area contributed by atoms with E-state index in [2.05, 4.69) is 0 Å². The van der Waals surface area contributed by atoms with Crippen LogP contribution in [0, 0.1) is 5.82 Å². The van der Waals surface area contributed by atoms with E-state index in [1.165, 1.54) is 39.2 Å². The molecule has 1 amide bonds. The van der Waals surface area contributed by atoms with Crippen molar-refractivity contribution >= 4 is 5.91 Å². The van der Waals surface area contributed by atoms with Gasteiger partial charge in [0.15, 0.2) is 17.1 Å². The first-order valence-corrected chi connectivity index (χ1v) is 4.94. The van der Waals surface area contributed by atoms with Crippen molar-refractivity contribution in [3.8, 4) is 11.5 Å². The highest BCUT2D eigenvalue weighted by molar-refractivity contribution is 5.84. The summed E-state index contributed by atoms with van der Waals surface area (Å²) in [6.07, 6.45) is 0. The van der Waals surface area contributed by atoms with E-state index in [9.17, 15) is 9.18 Å². The van der Waals surface area contributed by atoms with Crippen LogP contribution in [-0.2, 0) is 4.79 Å². The number of carbonyl (C=O) groups excluding carboxylic acids is 1. The minimum Gasteiger partial charge on any atom is -0.493 e. The van der Waals surface area contributed by atoms with E-state index in [-0.39, 0.29) is 11.5 Å². The van der Waals surface area contributed by atoms with Crippen LogP contribution in [0.1, 0.15) is 13.8 Å². The van der Waals surface area contributed by atoms with Gasteiger partial charge in [-0.25, -0.2) is 10.2 Å². The molecule has 6 heteroatoms. The second-order valence-corrected chi connectivity index (χ2v) is 3.88. The predicted molar refractivity (Wildman–Crippen MR) is 60.0 cm³/mol. The normalized spacial score (nSPS) is 10.9. The molecule has 1 aromatic rings. The molecule has 0 aliphatic heterocycles.